The highest BCUT2D eigenvalue weighted by molar-refractivity contribution is 5.93. The average Bonchev–Trinajstić information content (AvgIpc) is 4.13. The predicted octanol–water partition coefficient (Wildman–Crippen LogP) is 7.80. The summed E-state index contributed by atoms with van der Waals surface area (Å²) in [5, 5.41) is 17.3. The first-order chi connectivity index (χ1) is 30.0. The van der Waals surface area contributed by atoms with Crippen molar-refractivity contribution in [1.82, 2.24) is 40.4 Å². The van der Waals surface area contributed by atoms with Crippen LogP contribution in [0.15, 0.2) is 97.3 Å². The van der Waals surface area contributed by atoms with Gasteiger partial charge in [0.15, 0.2) is 0 Å². The summed E-state index contributed by atoms with van der Waals surface area (Å²) < 4.78 is 4.77. The number of H-pyrrole nitrogens is 2. The van der Waals surface area contributed by atoms with Crippen molar-refractivity contribution in [2.45, 2.75) is 76.0 Å². The van der Waals surface area contributed by atoms with Crippen LogP contribution in [0.2, 0.25) is 0 Å². The van der Waals surface area contributed by atoms with Crippen LogP contribution in [-0.2, 0) is 27.2 Å². The zero-order valence-electron chi connectivity index (χ0n) is 35.0. The molecular weight excluding hydrogens is 785 g/mol. The van der Waals surface area contributed by atoms with Gasteiger partial charge in [-0.15, -0.1) is 0 Å². The number of methoxy groups -OCH3 is 1. The number of amides is 4. The Balaban J connectivity index is 0.875. The van der Waals surface area contributed by atoms with Crippen molar-refractivity contribution < 1.29 is 29.0 Å². The van der Waals surface area contributed by atoms with E-state index in [0.717, 1.165) is 87.0 Å². The van der Waals surface area contributed by atoms with Crippen LogP contribution in [-0.4, -0.2) is 90.6 Å². The minimum atomic E-state index is -1.24. The van der Waals surface area contributed by atoms with Gasteiger partial charge in [-0.1, -0.05) is 86.6 Å². The van der Waals surface area contributed by atoms with E-state index in [9.17, 15) is 24.3 Å². The molecule has 3 aliphatic rings. The molecule has 0 bridgehead atoms. The molecule has 0 radical (unpaired) electrons. The summed E-state index contributed by atoms with van der Waals surface area (Å²) in [5.74, 6) is 0.952. The van der Waals surface area contributed by atoms with Crippen molar-refractivity contribution in [1.29, 1.82) is 0 Å². The number of rotatable bonds is 10. The number of nitrogens with one attached hydrogen (secondary N) is 4. The molecule has 6 aromatic rings. The zero-order valence-corrected chi connectivity index (χ0v) is 35.0. The van der Waals surface area contributed by atoms with Crippen LogP contribution in [0, 0.1) is 5.92 Å². The normalized spacial score (nSPS) is 18.5. The molecule has 14 nitrogen and oxygen atoms in total. The molecule has 2 aliphatic heterocycles. The minimum absolute atomic E-state index is 0.110. The molecule has 1 aliphatic carbocycles. The Hall–Kier alpha value is -6.96. The van der Waals surface area contributed by atoms with E-state index in [0.29, 0.717) is 31.8 Å². The quantitative estimate of drug-likeness (QED) is 0.0926. The Morgan fingerprint density at radius 2 is 1.27 bits per heavy atom. The Morgan fingerprint density at radius 3 is 1.87 bits per heavy atom. The van der Waals surface area contributed by atoms with Gasteiger partial charge in [-0.05, 0) is 82.3 Å². The average molecular weight is 835 g/mol. The van der Waals surface area contributed by atoms with E-state index in [1.54, 1.807) is 11.1 Å². The topological polar surface area (TPSA) is 186 Å². The SMILES string of the molecule is COC(=O)NC(C(=O)N1CCCC1c1ncc(-c2ccc3cc(-c4ccc(-c5cnc(C6CCCN6C(=O)C6(NC(=O)O)Cc7ccccc7C6)[nH]5)cc4)ccc3c2)[nH]1)C(C)C. The first-order valence-electron chi connectivity index (χ1n) is 21.3. The van der Waals surface area contributed by atoms with E-state index in [1.807, 2.05) is 49.2 Å². The Morgan fingerprint density at radius 1 is 0.742 bits per heavy atom. The number of hydrogen-bond acceptors (Lipinski definition) is 7. The third-order valence-electron chi connectivity index (χ3n) is 12.8. The summed E-state index contributed by atoms with van der Waals surface area (Å²) >= 11 is 0. The highest BCUT2D eigenvalue weighted by Crippen LogP contribution is 2.39. The maximum atomic E-state index is 14.2. The van der Waals surface area contributed by atoms with Crippen LogP contribution < -0.4 is 10.6 Å². The minimum Gasteiger partial charge on any atom is -0.465 e. The zero-order chi connectivity index (χ0) is 43.1. The predicted molar refractivity (Wildman–Crippen MR) is 234 cm³/mol. The van der Waals surface area contributed by atoms with Crippen molar-refractivity contribution in [3.8, 4) is 33.6 Å². The van der Waals surface area contributed by atoms with Gasteiger partial charge in [0, 0.05) is 31.5 Å². The number of aromatic nitrogens is 4. The fourth-order valence-corrected chi connectivity index (χ4v) is 9.62. The molecule has 14 heteroatoms. The molecule has 4 amide bonds. The number of fused-ring (bicyclic) bond motifs is 2. The number of hydrogen-bond donors (Lipinski definition) is 5. The van der Waals surface area contributed by atoms with Crippen LogP contribution in [0.4, 0.5) is 9.59 Å². The van der Waals surface area contributed by atoms with Crippen molar-refractivity contribution in [2.75, 3.05) is 20.2 Å². The monoisotopic (exact) mass is 834 g/mol. The summed E-state index contributed by atoms with van der Waals surface area (Å²) in [6.07, 6.45) is 5.59. The highest BCUT2D eigenvalue weighted by Gasteiger charge is 2.50. The molecule has 4 aromatic carbocycles. The summed E-state index contributed by atoms with van der Waals surface area (Å²) in [5.41, 5.74) is 6.54. The number of carbonyl (C=O) groups excluding carboxylic acids is 3. The van der Waals surface area contributed by atoms with Crippen molar-refractivity contribution in [3.63, 3.8) is 0 Å². The molecule has 4 heterocycles. The van der Waals surface area contributed by atoms with Crippen LogP contribution in [0.3, 0.4) is 0 Å². The van der Waals surface area contributed by atoms with Crippen LogP contribution >= 0.6 is 0 Å². The van der Waals surface area contributed by atoms with Crippen LogP contribution in [0.5, 0.6) is 0 Å². The second kappa shape index (κ2) is 16.5. The number of aromatic amines is 2. The smallest absolute Gasteiger partial charge is 0.407 e. The Bertz CT molecular complexity index is 2640. The lowest BCUT2D eigenvalue weighted by atomic mass is 9.93. The highest BCUT2D eigenvalue weighted by atomic mass is 16.5. The summed E-state index contributed by atoms with van der Waals surface area (Å²) in [7, 11) is 1.29. The molecule has 0 spiro atoms. The fraction of sp³-hybridized carbons (Fsp3) is 0.333. The Kier molecular flexibility index (Phi) is 10.8. The number of imidazole rings is 2. The summed E-state index contributed by atoms with van der Waals surface area (Å²) in [6, 6.07) is 27.6. The van der Waals surface area contributed by atoms with E-state index >= 15 is 0 Å². The maximum absolute atomic E-state index is 14.2. The first kappa shape index (κ1) is 40.4. The molecule has 9 rings (SSSR count). The van der Waals surface area contributed by atoms with Gasteiger partial charge in [0.25, 0.3) is 0 Å². The standard InChI is InChI=1S/C48H50N8O6/c1-28(2)41(53-47(61)62-3)44(57)55-20-6-10-39(55)42-50-27-38(52-42)34-19-18-32-22-31(16-17-33(32)23-34)29-12-14-30(15-13-29)37-26-49-43(51-37)40-11-7-21-56(40)45(58)48(54-46(59)60)24-35-8-4-5-9-36(35)25-48/h4-5,8-9,12-19,22-23,26-28,39-41,54H,6-7,10-11,20-21,24-25H2,1-3H3,(H,49,51)(H,50,52)(H,53,61)(H,59,60). The molecule has 318 valence electrons. The molecule has 2 fully saturated rings. The number of carbonyl (C=O) groups is 4. The van der Waals surface area contributed by atoms with Gasteiger partial charge in [0.2, 0.25) is 11.8 Å². The lowest BCUT2D eigenvalue weighted by molar-refractivity contribution is -0.139. The van der Waals surface area contributed by atoms with Crippen molar-refractivity contribution in [2.24, 2.45) is 5.92 Å². The van der Waals surface area contributed by atoms with Gasteiger partial charge in [-0.25, -0.2) is 19.6 Å². The van der Waals surface area contributed by atoms with Crippen molar-refractivity contribution in [3.05, 3.63) is 120 Å². The molecular formula is C48H50N8O6. The van der Waals surface area contributed by atoms with E-state index in [2.05, 4.69) is 81.3 Å². The van der Waals surface area contributed by atoms with Crippen LogP contribution in [0.25, 0.3) is 44.4 Å². The van der Waals surface area contributed by atoms with E-state index in [-0.39, 0.29) is 29.8 Å². The molecule has 3 unspecified atom stereocenters. The number of nitrogens with zero attached hydrogens (tertiary/aromatic N) is 4. The van der Waals surface area contributed by atoms with Crippen molar-refractivity contribution >= 4 is 34.8 Å². The molecule has 5 N–H and O–H groups in total. The molecule has 2 saturated heterocycles. The van der Waals surface area contributed by atoms with E-state index in [1.165, 1.54) is 7.11 Å². The number of benzene rings is 4. The van der Waals surface area contributed by atoms with Gasteiger partial charge >= 0.3 is 12.2 Å². The first-order valence-corrected chi connectivity index (χ1v) is 21.3. The number of likely N-dealkylation sites (tertiary alicyclic amines) is 2. The number of carboxylic acid groups (broad SMARTS) is 1. The van der Waals surface area contributed by atoms with Crippen LogP contribution in [0.1, 0.15) is 74.4 Å². The molecule has 0 saturated carbocycles. The Labute approximate surface area is 359 Å². The maximum Gasteiger partial charge on any atom is 0.407 e. The lowest BCUT2D eigenvalue weighted by Gasteiger charge is -2.34. The van der Waals surface area contributed by atoms with Gasteiger partial charge in [-0.3, -0.25) is 9.59 Å². The second-order valence-electron chi connectivity index (χ2n) is 17.1. The molecule has 2 aromatic heterocycles. The lowest BCUT2D eigenvalue weighted by Crippen LogP contribution is -2.60. The largest absolute Gasteiger partial charge is 0.465 e. The van der Waals surface area contributed by atoms with Gasteiger partial charge in [0.05, 0.1) is 43.0 Å². The molecule has 62 heavy (non-hydrogen) atoms. The third kappa shape index (κ3) is 7.65. The summed E-state index contributed by atoms with van der Waals surface area (Å²) in [6.45, 7) is 4.93. The van der Waals surface area contributed by atoms with Gasteiger partial charge < -0.3 is 40.2 Å². The number of ether oxygens (including phenoxy) is 1. The fourth-order valence-electron chi connectivity index (χ4n) is 9.62. The molecule has 3 atom stereocenters. The van der Waals surface area contributed by atoms with Gasteiger partial charge in [0.1, 0.15) is 23.2 Å². The third-order valence-corrected chi connectivity index (χ3v) is 12.8. The second-order valence-corrected chi connectivity index (χ2v) is 17.1. The van der Waals surface area contributed by atoms with E-state index in [4.69, 9.17) is 14.7 Å². The van der Waals surface area contributed by atoms with E-state index < -0.39 is 23.8 Å². The number of alkyl carbamates (subject to hydrolysis) is 1. The summed E-state index contributed by atoms with van der Waals surface area (Å²) in [4.78, 5) is 71.8. The van der Waals surface area contributed by atoms with Gasteiger partial charge in [-0.2, -0.15) is 0 Å².